The molecule has 0 atom stereocenters. The van der Waals surface area contributed by atoms with Gasteiger partial charge in [-0.1, -0.05) is 0 Å². The number of aromatic amines is 1. The quantitative estimate of drug-likeness (QED) is 0.563. The Bertz CT molecular complexity index is 1290. The standard InChI is InChI=1S/C20H21N7O2/c1-12-3-8-26-17(9-12)15(10-22-26)18-21-11-16-19(24-18)27(20(29)23-16)14-4-6-25(7-5-14)13(2)28/h3,8-11,14H,4-7H2,1-2H3,(H,23,29). The lowest BCUT2D eigenvalue weighted by Crippen LogP contribution is -2.39. The van der Waals surface area contributed by atoms with Gasteiger partial charge in [-0.15, -0.1) is 0 Å². The van der Waals surface area contributed by atoms with E-state index in [0.717, 1.165) is 29.5 Å². The number of hydrogen-bond donors (Lipinski definition) is 1. The molecule has 1 fully saturated rings. The zero-order valence-corrected chi connectivity index (χ0v) is 16.3. The van der Waals surface area contributed by atoms with E-state index in [-0.39, 0.29) is 17.6 Å². The summed E-state index contributed by atoms with van der Waals surface area (Å²) < 4.78 is 3.51. The Balaban J connectivity index is 1.58. The number of pyridine rings is 1. The number of hydrogen-bond acceptors (Lipinski definition) is 5. The van der Waals surface area contributed by atoms with Gasteiger partial charge in [-0.2, -0.15) is 5.10 Å². The van der Waals surface area contributed by atoms with E-state index in [1.54, 1.807) is 28.4 Å². The van der Waals surface area contributed by atoms with Crippen LogP contribution in [0, 0.1) is 6.92 Å². The van der Waals surface area contributed by atoms with Gasteiger partial charge in [-0.05, 0) is 37.5 Å². The number of amides is 1. The zero-order valence-electron chi connectivity index (χ0n) is 16.3. The molecular weight excluding hydrogens is 370 g/mol. The summed E-state index contributed by atoms with van der Waals surface area (Å²) in [6, 6.07) is 4.03. The van der Waals surface area contributed by atoms with Crippen LogP contribution in [0.2, 0.25) is 0 Å². The molecule has 0 unspecified atom stereocenters. The fraction of sp³-hybridized carbons (Fsp3) is 0.350. The number of rotatable bonds is 2. The first-order valence-corrected chi connectivity index (χ1v) is 9.68. The third-order valence-electron chi connectivity index (χ3n) is 5.65. The fourth-order valence-electron chi connectivity index (χ4n) is 4.08. The normalized spacial score (nSPS) is 15.4. The molecule has 4 aromatic rings. The van der Waals surface area contributed by atoms with Crippen LogP contribution in [0.25, 0.3) is 28.1 Å². The fourth-order valence-corrected chi connectivity index (χ4v) is 4.08. The smallest absolute Gasteiger partial charge is 0.327 e. The number of likely N-dealkylation sites (tertiary alicyclic amines) is 1. The lowest BCUT2D eigenvalue weighted by molar-refractivity contribution is -0.130. The summed E-state index contributed by atoms with van der Waals surface area (Å²) in [5.41, 5.74) is 3.87. The molecule has 5 rings (SSSR count). The van der Waals surface area contributed by atoms with Crippen LogP contribution < -0.4 is 5.69 Å². The van der Waals surface area contributed by atoms with Crippen LogP contribution in [0.5, 0.6) is 0 Å². The maximum atomic E-state index is 12.7. The molecule has 148 valence electrons. The molecule has 1 saturated heterocycles. The molecule has 0 saturated carbocycles. The van der Waals surface area contributed by atoms with E-state index in [2.05, 4.69) is 15.1 Å². The average Bonchev–Trinajstić information content (AvgIpc) is 3.27. The summed E-state index contributed by atoms with van der Waals surface area (Å²) in [6.45, 7) is 4.89. The Kier molecular flexibility index (Phi) is 3.97. The molecule has 0 spiro atoms. The number of H-pyrrole nitrogens is 1. The number of carbonyl (C=O) groups is 1. The second-order valence-corrected chi connectivity index (χ2v) is 7.56. The predicted octanol–water partition coefficient (Wildman–Crippen LogP) is 1.93. The second-order valence-electron chi connectivity index (χ2n) is 7.56. The summed E-state index contributed by atoms with van der Waals surface area (Å²) in [7, 11) is 0. The van der Waals surface area contributed by atoms with Crippen molar-refractivity contribution in [3.8, 4) is 11.4 Å². The molecule has 1 aliphatic rings. The summed E-state index contributed by atoms with van der Waals surface area (Å²) in [6.07, 6.45) is 6.75. The highest BCUT2D eigenvalue weighted by atomic mass is 16.2. The zero-order chi connectivity index (χ0) is 20.1. The van der Waals surface area contributed by atoms with Crippen molar-refractivity contribution in [1.29, 1.82) is 0 Å². The molecule has 5 heterocycles. The first kappa shape index (κ1) is 17.6. The van der Waals surface area contributed by atoms with E-state index >= 15 is 0 Å². The van der Waals surface area contributed by atoms with E-state index in [9.17, 15) is 9.59 Å². The predicted molar refractivity (Wildman–Crippen MR) is 108 cm³/mol. The number of nitrogens with one attached hydrogen (secondary N) is 1. The minimum absolute atomic E-state index is 0.000695. The minimum atomic E-state index is -0.191. The second kappa shape index (κ2) is 6.54. The van der Waals surface area contributed by atoms with E-state index in [4.69, 9.17) is 4.98 Å². The lowest BCUT2D eigenvalue weighted by Gasteiger charge is -2.31. The van der Waals surface area contributed by atoms with E-state index in [1.165, 1.54) is 0 Å². The van der Waals surface area contributed by atoms with Crippen molar-refractivity contribution in [3.05, 3.63) is 46.8 Å². The van der Waals surface area contributed by atoms with Crippen molar-refractivity contribution >= 4 is 22.6 Å². The van der Waals surface area contributed by atoms with Gasteiger partial charge in [0, 0.05) is 32.3 Å². The Morgan fingerprint density at radius 1 is 1.24 bits per heavy atom. The number of aromatic nitrogens is 6. The van der Waals surface area contributed by atoms with Crippen molar-refractivity contribution in [2.24, 2.45) is 0 Å². The molecule has 0 aliphatic carbocycles. The number of carbonyl (C=O) groups excluding carboxylic acids is 1. The Morgan fingerprint density at radius 2 is 2.03 bits per heavy atom. The van der Waals surface area contributed by atoms with Crippen LogP contribution in [-0.2, 0) is 4.79 Å². The molecule has 1 amide bonds. The van der Waals surface area contributed by atoms with Gasteiger partial charge in [0.2, 0.25) is 5.91 Å². The monoisotopic (exact) mass is 391 g/mol. The number of fused-ring (bicyclic) bond motifs is 2. The summed E-state index contributed by atoms with van der Waals surface area (Å²) in [5, 5.41) is 4.38. The van der Waals surface area contributed by atoms with Crippen LogP contribution in [0.1, 0.15) is 31.4 Å². The Morgan fingerprint density at radius 3 is 2.79 bits per heavy atom. The van der Waals surface area contributed by atoms with Crippen LogP contribution in [0.15, 0.2) is 35.5 Å². The van der Waals surface area contributed by atoms with E-state index in [1.807, 2.05) is 30.2 Å². The maximum Gasteiger partial charge on any atom is 0.327 e. The summed E-state index contributed by atoms with van der Waals surface area (Å²) in [5.74, 6) is 0.606. The van der Waals surface area contributed by atoms with Crippen molar-refractivity contribution in [1.82, 2.24) is 34.0 Å². The van der Waals surface area contributed by atoms with Crippen molar-refractivity contribution in [2.75, 3.05) is 13.1 Å². The van der Waals surface area contributed by atoms with Crippen molar-refractivity contribution in [2.45, 2.75) is 32.7 Å². The van der Waals surface area contributed by atoms with Gasteiger partial charge in [0.05, 0.1) is 23.5 Å². The van der Waals surface area contributed by atoms with Crippen molar-refractivity contribution < 1.29 is 4.79 Å². The number of aryl methyl sites for hydroxylation is 1. The number of nitrogens with zero attached hydrogens (tertiary/aromatic N) is 6. The van der Waals surface area contributed by atoms with Crippen LogP contribution in [0.4, 0.5) is 0 Å². The van der Waals surface area contributed by atoms with Gasteiger partial charge in [-0.25, -0.2) is 19.3 Å². The number of imidazole rings is 1. The highest BCUT2D eigenvalue weighted by Crippen LogP contribution is 2.26. The largest absolute Gasteiger partial charge is 0.343 e. The topological polar surface area (TPSA) is 101 Å². The van der Waals surface area contributed by atoms with Gasteiger partial charge in [0.1, 0.15) is 5.52 Å². The highest BCUT2D eigenvalue weighted by molar-refractivity contribution is 5.79. The average molecular weight is 391 g/mol. The van der Waals surface area contributed by atoms with Crippen molar-refractivity contribution in [3.63, 3.8) is 0 Å². The first-order chi connectivity index (χ1) is 14.0. The highest BCUT2D eigenvalue weighted by Gasteiger charge is 2.25. The van der Waals surface area contributed by atoms with Crippen LogP contribution in [-0.4, -0.2) is 53.0 Å². The summed E-state index contributed by atoms with van der Waals surface area (Å²) >= 11 is 0. The Hall–Kier alpha value is -3.49. The molecule has 1 N–H and O–H groups in total. The molecule has 1 aliphatic heterocycles. The molecule has 9 heteroatoms. The van der Waals surface area contributed by atoms with Gasteiger partial charge in [-0.3, -0.25) is 9.36 Å². The third kappa shape index (κ3) is 2.89. The SMILES string of the molecule is CC(=O)N1CCC(n2c(=O)[nH]c3cnc(-c4cnn5ccc(C)cc45)nc32)CC1. The van der Waals surface area contributed by atoms with Gasteiger partial charge < -0.3 is 9.88 Å². The molecular formula is C20H21N7O2. The van der Waals surface area contributed by atoms with Gasteiger partial charge in [0.15, 0.2) is 11.5 Å². The van der Waals surface area contributed by atoms with E-state index < -0.39 is 0 Å². The first-order valence-electron chi connectivity index (χ1n) is 9.68. The maximum absolute atomic E-state index is 12.7. The third-order valence-corrected chi connectivity index (χ3v) is 5.65. The summed E-state index contributed by atoms with van der Waals surface area (Å²) in [4.78, 5) is 38.1. The van der Waals surface area contributed by atoms with Crippen LogP contribution >= 0.6 is 0 Å². The molecule has 0 radical (unpaired) electrons. The molecule has 0 aromatic carbocycles. The van der Waals surface area contributed by atoms with Gasteiger partial charge in [0.25, 0.3) is 0 Å². The molecule has 0 bridgehead atoms. The minimum Gasteiger partial charge on any atom is -0.343 e. The number of piperidine rings is 1. The molecule has 9 nitrogen and oxygen atoms in total. The van der Waals surface area contributed by atoms with Gasteiger partial charge >= 0.3 is 5.69 Å². The van der Waals surface area contributed by atoms with E-state index in [0.29, 0.717) is 30.1 Å². The molecule has 4 aromatic heterocycles. The van der Waals surface area contributed by atoms with Crippen LogP contribution in [0.3, 0.4) is 0 Å². The molecule has 29 heavy (non-hydrogen) atoms. The lowest BCUT2D eigenvalue weighted by atomic mass is 10.0. The Labute approximate surface area is 166 Å².